The van der Waals surface area contributed by atoms with Crippen molar-refractivity contribution >= 4 is 29.2 Å². The van der Waals surface area contributed by atoms with E-state index in [4.69, 9.17) is 16.3 Å². The van der Waals surface area contributed by atoms with Crippen molar-refractivity contribution < 1.29 is 14.3 Å². The summed E-state index contributed by atoms with van der Waals surface area (Å²) in [6.07, 6.45) is 1.59. The second kappa shape index (κ2) is 6.96. The lowest BCUT2D eigenvalue weighted by Gasteiger charge is -2.40. The molecule has 0 saturated heterocycles. The number of nitrogens with one attached hydrogen (secondary N) is 1. The Morgan fingerprint density at radius 2 is 2.04 bits per heavy atom. The molecule has 0 saturated carbocycles. The summed E-state index contributed by atoms with van der Waals surface area (Å²) in [5.41, 5.74) is -0.918. The van der Waals surface area contributed by atoms with Gasteiger partial charge in [-0.2, -0.15) is 0 Å². The lowest BCUT2D eigenvalue weighted by Crippen LogP contribution is -2.63. The maximum atomic E-state index is 13.0. The molecule has 0 unspecified atom stereocenters. The SMILES string of the molecule is CC(C)N1C(=O)[C@@](C)(C(=O)NCc2ccccc2Cl)Oc2cccnc21. The molecule has 1 aromatic carbocycles. The van der Waals surface area contributed by atoms with Crippen LogP contribution >= 0.6 is 11.6 Å². The Morgan fingerprint density at radius 3 is 2.73 bits per heavy atom. The van der Waals surface area contributed by atoms with Crippen LogP contribution < -0.4 is 15.0 Å². The van der Waals surface area contributed by atoms with E-state index in [1.54, 1.807) is 24.4 Å². The molecule has 0 fully saturated rings. The third kappa shape index (κ3) is 3.12. The molecule has 1 aliphatic rings. The quantitative estimate of drug-likeness (QED) is 0.836. The van der Waals surface area contributed by atoms with Gasteiger partial charge < -0.3 is 10.1 Å². The fraction of sp³-hybridized carbons (Fsp3) is 0.316. The van der Waals surface area contributed by atoms with Gasteiger partial charge in [0.2, 0.25) is 0 Å². The molecule has 1 N–H and O–H groups in total. The van der Waals surface area contributed by atoms with E-state index in [0.717, 1.165) is 5.56 Å². The summed E-state index contributed by atoms with van der Waals surface area (Å²) in [5.74, 6) is -0.155. The van der Waals surface area contributed by atoms with Crippen molar-refractivity contribution in [1.82, 2.24) is 10.3 Å². The molecule has 6 nitrogen and oxygen atoms in total. The minimum Gasteiger partial charge on any atom is -0.464 e. The van der Waals surface area contributed by atoms with Gasteiger partial charge in [0, 0.05) is 23.8 Å². The largest absolute Gasteiger partial charge is 0.464 e. The fourth-order valence-electron chi connectivity index (χ4n) is 2.84. The van der Waals surface area contributed by atoms with Crippen molar-refractivity contribution in [3.8, 4) is 5.75 Å². The van der Waals surface area contributed by atoms with E-state index in [0.29, 0.717) is 16.6 Å². The summed E-state index contributed by atoms with van der Waals surface area (Å²) in [7, 11) is 0. The molecule has 136 valence electrons. The summed E-state index contributed by atoms with van der Waals surface area (Å²) in [6, 6.07) is 10.4. The van der Waals surface area contributed by atoms with Crippen LogP contribution in [0.15, 0.2) is 42.6 Å². The molecule has 1 aliphatic heterocycles. The predicted octanol–water partition coefficient (Wildman–Crippen LogP) is 2.94. The molecule has 2 heterocycles. The number of aromatic nitrogens is 1. The van der Waals surface area contributed by atoms with Crippen LogP contribution in [0.5, 0.6) is 5.75 Å². The topological polar surface area (TPSA) is 71.5 Å². The lowest BCUT2D eigenvalue weighted by molar-refractivity contribution is -0.148. The van der Waals surface area contributed by atoms with Crippen LogP contribution in [-0.4, -0.2) is 28.4 Å². The van der Waals surface area contributed by atoms with E-state index in [9.17, 15) is 9.59 Å². The van der Waals surface area contributed by atoms with Gasteiger partial charge in [-0.15, -0.1) is 0 Å². The van der Waals surface area contributed by atoms with Crippen molar-refractivity contribution in [2.24, 2.45) is 0 Å². The standard InChI is InChI=1S/C19H20ClN3O3/c1-12(2)23-16-15(9-6-10-21-16)26-19(3,18(23)25)17(24)22-11-13-7-4-5-8-14(13)20/h4-10,12H,11H2,1-3H3,(H,22,24)/t19-/m1/s1. The van der Waals surface area contributed by atoms with Crippen molar-refractivity contribution in [2.45, 2.75) is 39.0 Å². The Kier molecular flexibility index (Phi) is 4.87. The average molecular weight is 374 g/mol. The van der Waals surface area contributed by atoms with Gasteiger partial charge in [-0.3, -0.25) is 14.5 Å². The number of nitrogens with zero attached hydrogens (tertiary/aromatic N) is 2. The number of rotatable bonds is 4. The summed E-state index contributed by atoms with van der Waals surface area (Å²) < 4.78 is 5.79. The van der Waals surface area contributed by atoms with Crippen LogP contribution in [0.25, 0.3) is 0 Å². The average Bonchev–Trinajstić information content (AvgIpc) is 2.61. The number of pyridine rings is 1. The Balaban J connectivity index is 1.87. The van der Waals surface area contributed by atoms with Gasteiger partial charge in [-0.25, -0.2) is 4.98 Å². The molecule has 3 rings (SSSR count). The van der Waals surface area contributed by atoms with Gasteiger partial charge >= 0.3 is 0 Å². The zero-order valence-electron chi connectivity index (χ0n) is 14.8. The number of anilines is 1. The number of halogens is 1. The molecular weight excluding hydrogens is 354 g/mol. The number of carbonyl (C=O) groups excluding carboxylic acids is 2. The molecular formula is C19H20ClN3O3. The molecule has 1 atom stereocenters. The molecule has 1 aromatic heterocycles. The third-order valence-electron chi connectivity index (χ3n) is 4.27. The lowest BCUT2D eigenvalue weighted by atomic mass is 9.99. The van der Waals surface area contributed by atoms with Gasteiger partial charge in [0.25, 0.3) is 17.4 Å². The molecule has 0 spiro atoms. The van der Waals surface area contributed by atoms with E-state index in [-0.39, 0.29) is 12.6 Å². The van der Waals surface area contributed by atoms with Crippen LogP contribution in [0, 0.1) is 0 Å². The zero-order chi connectivity index (χ0) is 18.9. The van der Waals surface area contributed by atoms with Gasteiger partial charge in [0.15, 0.2) is 11.6 Å². The molecule has 7 heteroatoms. The molecule has 2 amide bonds. The van der Waals surface area contributed by atoms with Crippen LogP contribution in [0.2, 0.25) is 5.02 Å². The Hall–Kier alpha value is -2.60. The Labute approximate surface area is 157 Å². The number of ether oxygens (including phenoxy) is 1. The summed E-state index contributed by atoms with van der Waals surface area (Å²) in [5, 5.41) is 3.30. The Bertz CT molecular complexity index is 855. The van der Waals surface area contributed by atoms with Crippen LogP contribution in [0.3, 0.4) is 0 Å². The van der Waals surface area contributed by atoms with Crippen LogP contribution in [-0.2, 0) is 16.1 Å². The number of benzene rings is 1. The van der Waals surface area contributed by atoms with Crippen molar-refractivity contribution in [2.75, 3.05) is 4.90 Å². The van der Waals surface area contributed by atoms with Gasteiger partial charge in [-0.1, -0.05) is 29.8 Å². The van der Waals surface area contributed by atoms with Gasteiger partial charge in [0.1, 0.15) is 0 Å². The first kappa shape index (κ1) is 18.2. The molecule has 26 heavy (non-hydrogen) atoms. The monoisotopic (exact) mass is 373 g/mol. The fourth-order valence-corrected chi connectivity index (χ4v) is 3.04. The summed E-state index contributed by atoms with van der Waals surface area (Å²) >= 11 is 6.12. The van der Waals surface area contributed by atoms with Gasteiger partial charge in [0.05, 0.1) is 0 Å². The number of amides is 2. The number of hydrogen-bond donors (Lipinski definition) is 1. The molecule has 0 aliphatic carbocycles. The van der Waals surface area contributed by atoms with Crippen molar-refractivity contribution in [3.63, 3.8) is 0 Å². The molecule has 0 bridgehead atoms. The number of hydrogen-bond acceptors (Lipinski definition) is 4. The number of carbonyl (C=O) groups is 2. The number of fused-ring (bicyclic) bond motifs is 1. The molecule has 0 radical (unpaired) electrons. The Morgan fingerprint density at radius 1 is 1.31 bits per heavy atom. The van der Waals surface area contributed by atoms with Crippen molar-refractivity contribution in [1.29, 1.82) is 0 Å². The smallest absolute Gasteiger partial charge is 0.282 e. The third-order valence-corrected chi connectivity index (χ3v) is 4.64. The second-order valence-electron chi connectivity index (χ2n) is 6.50. The minimum absolute atomic E-state index is 0.171. The first-order valence-corrected chi connectivity index (χ1v) is 8.72. The second-order valence-corrected chi connectivity index (χ2v) is 6.91. The van der Waals surface area contributed by atoms with E-state index in [1.165, 1.54) is 11.8 Å². The van der Waals surface area contributed by atoms with E-state index >= 15 is 0 Å². The summed E-state index contributed by atoms with van der Waals surface area (Å²) in [6.45, 7) is 5.41. The zero-order valence-corrected chi connectivity index (χ0v) is 15.6. The summed E-state index contributed by atoms with van der Waals surface area (Å²) in [4.78, 5) is 31.6. The maximum absolute atomic E-state index is 13.0. The predicted molar refractivity (Wildman–Crippen MR) is 99.2 cm³/mol. The first-order chi connectivity index (χ1) is 12.3. The highest BCUT2D eigenvalue weighted by Gasteiger charge is 2.51. The van der Waals surface area contributed by atoms with E-state index < -0.39 is 17.4 Å². The highest BCUT2D eigenvalue weighted by atomic mass is 35.5. The highest BCUT2D eigenvalue weighted by Crippen LogP contribution is 2.37. The van der Waals surface area contributed by atoms with Gasteiger partial charge in [-0.05, 0) is 44.5 Å². The van der Waals surface area contributed by atoms with E-state index in [2.05, 4.69) is 10.3 Å². The van der Waals surface area contributed by atoms with Crippen LogP contribution in [0.4, 0.5) is 5.82 Å². The highest BCUT2D eigenvalue weighted by molar-refractivity contribution is 6.31. The maximum Gasteiger partial charge on any atom is 0.282 e. The first-order valence-electron chi connectivity index (χ1n) is 8.34. The van der Waals surface area contributed by atoms with Crippen LogP contribution in [0.1, 0.15) is 26.3 Å². The minimum atomic E-state index is -1.68. The molecule has 2 aromatic rings. The van der Waals surface area contributed by atoms with E-state index in [1.807, 2.05) is 32.0 Å². The van der Waals surface area contributed by atoms with Crippen molar-refractivity contribution in [3.05, 3.63) is 53.2 Å². The normalized spacial score (nSPS) is 19.1.